The first kappa shape index (κ1) is 14.1. The van der Waals surface area contributed by atoms with E-state index in [0.717, 1.165) is 17.0 Å². The molecule has 0 aliphatic carbocycles. The van der Waals surface area contributed by atoms with Crippen molar-refractivity contribution in [2.75, 3.05) is 7.05 Å². The normalized spacial score (nSPS) is 12.4. The van der Waals surface area contributed by atoms with Gasteiger partial charge in [0.2, 0.25) is 0 Å². The summed E-state index contributed by atoms with van der Waals surface area (Å²) < 4.78 is 0. The van der Waals surface area contributed by atoms with Gasteiger partial charge in [-0.1, -0.05) is 59.6 Å². The lowest BCUT2D eigenvalue weighted by Gasteiger charge is -2.19. The highest BCUT2D eigenvalue weighted by Crippen LogP contribution is 2.28. The molecule has 0 spiro atoms. The lowest BCUT2D eigenvalue weighted by molar-refractivity contribution is 0.592. The maximum absolute atomic E-state index is 6.42. The first-order valence-corrected chi connectivity index (χ1v) is 6.97. The predicted molar refractivity (Wildman–Crippen MR) is 82.9 cm³/mol. The second-order valence-corrected chi connectivity index (χ2v) is 5.39. The molecule has 0 amide bonds. The van der Waals surface area contributed by atoms with E-state index in [1.807, 2.05) is 20.0 Å². The molecule has 2 rings (SSSR count). The van der Waals surface area contributed by atoms with Crippen LogP contribution in [-0.2, 0) is 6.42 Å². The van der Waals surface area contributed by atoms with Gasteiger partial charge >= 0.3 is 0 Å². The predicted octanol–water partition coefficient (Wildman–Crippen LogP) is 4.46. The van der Waals surface area contributed by atoms with Crippen molar-refractivity contribution >= 4 is 11.6 Å². The number of rotatable bonds is 4. The third-order valence-corrected chi connectivity index (χ3v) is 4.02. The monoisotopic (exact) mass is 273 g/mol. The summed E-state index contributed by atoms with van der Waals surface area (Å²) >= 11 is 6.42. The van der Waals surface area contributed by atoms with Crippen LogP contribution in [0.1, 0.15) is 28.3 Å². The second-order valence-electron chi connectivity index (χ2n) is 5.01. The number of likely N-dealkylation sites (N-methyl/N-ethyl adjacent to an activating group) is 1. The molecule has 2 heteroatoms. The van der Waals surface area contributed by atoms with E-state index in [1.54, 1.807) is 0 Å². The first-order chi connectivity index (χ1) is 9.11. The van der Waals surface area contributed by atoms with Crippen LogP contribution in [0.4, 0.5) is 0 Å². The van der Waals surface area contributed by atoms with E-state index < -0.39 is 0 Å². The molecule has 1 N–H and O–H groups in total. The Morgan fingerprint density at radius 2 is 1.74 bits per heavy atom. The number of halogens is 1. The fourth-order valence-electron chi connectivity index (χ4n) is 2.27. The van der Waals surface area contributed by atoms with Crippen molar-refractivity contribution in [3.8, 4) is 0 Å². The Morgan fingerprint density at radius 3 is 2.37 bits per heavy atom. The molecule has 19 heavy (non-hydrogen) atoms. The molecule has 0 heterocycles. The van der Waals surface area contributed by atoms with E-state index in [2.05, 4.69) is 48.6 Å². The van der Waals surface area contributed by atoms with Gasteiger partial charge in [-0.25, -0.2) is 0 Å². The van der Waals surface area contributed by atoms with Crippen molar-refractivity contribution < 1.29 is 0 Å². The molecule has 0 bridgehead atoms. The van der Waals surface area contributed by atoms with Crippen molar-refractivity contribution in [1.29, 1.82) is 0 Å². The summed E-state index contributed by atoms with van der Waals surface area (Å²) in [7, 11) is 1.98. The largest absolute Gasteiger partial charge is 0.313 e. The van der Waals surface area contributed by atoms with E-state index in [-0.39, 0.29) is 6.04 Å². The van der Waals surface area contributed by atoms with Crippen LogP contribution in [0, 0.1) is 13.8 Å². The number of hydrogen-bond donors (Lipinski definition) is 1. The van der Waals surface area contributed by atoms with Gasteiger partial charge in [-0.05, 0) is 44.0 Å². The molecular formula is C17H20ClN. The zero-order valence-electron chi connectivity index (χ0n) is 11.7. The molecule has 0 saturated carbocycles. The number of benzene rings is 2. The smallest absolute Gasteiger partial charge is 0.0483 e. The number of aryl methyl sites for hydroxylation is 2. The van der Waals surface area contributed by atoms with Gasteiger partial charge in [0.25, 0.3) is 0 Å². The standard InChI is InChI=1S/C17H20ClN/c1-12-7-9-14(10-8-12)11-16(19-3)15-6-4-5-13(2)17(15)18/h4-10,16,19H,11H2,1-3H3. The Kier molecular flexibility index (Phi) is 4.62. The minimum Gasteiger partial charge on any atom is -0.313 e. The van der Waals surface area contributed by atoms with Gasteiger partial charge in [-0.2, -0.15) is 0 Å². The summed E-state index contributed by atoms with van der Waals surface area (Å²) in [4.78, 5) is 0. The fourth-order valence-corrected chi connectivity index (χ4v) is 2.52. The molecule has 1 nitrogen and oxygen atoms in total. The average Bonchev–Trinajstić information content (AvgIpc) is 2.42. The molecule has 0 saturated heterocycles. The van der Waals surface area contributed by atoms with E-state index >= 15 is 0 Å². The molecule has 2 aromatic carbocycles. The van der Waals surface area contributed by atoms with Crippen molar-refractivity contribution in [1.82, 2.24) is 5.32 Å². The fraction of sp³-hybridized carbons (Fsp3) is 0.294. The third-order valence-electron chi connectivity index (χ3n) is 3.51. The van der Waals surface area contributed by atoms with E-state index in [0.29, 0.717) is 0 Å². The molecule has 100 valence electrons. The molecule has 0 aliphatic rings. The minimum atomic E-state index is 0.245. The van der Waals surface area contributed by atoms with Gasteiger partial charge in [0, 0.05) is 11.1 Å². The Hall–Kier alpha value is -1.31. The van der Waals surface area contributed by atoms with E-state index in [9.17, 15) is 0 Å². The summed E-state index contributed by atoms with van der Waals surface area (Å²) in [6.45, 7) is 4.15. The van der Waals surface area contributed by atoms with Crippen molar-refractivity contribution in [3.63, 3.8) is 0 Å². The topological polar surface area (TPSA) is 12.0 Å². The number of hydrogen-bond acceptors (Lipinski definition) is 1. The van der Waals surface area contributed by atoms with Crippen LogP contribution in [0.15, 0.2) is 42.5 Å². The van der Waals surface area contributed by atoms with Gasteiger partial charge in [0.05, 0.1) is 0 Å². The third kappa shape index (κ3) is 3.37. The molecule has 1 atom stereocenters. The molecule has 2 aromatic rings. The highest BCUT2D eigenvalue weighted by atomic mass is 35.5. The Balaban J connectivity index is 2.25. The van der Waals surface area contributed by atoms with Crippen LogP contribution in [-0.4, -0.2) is 7.05 Å². The molecule has 0 aromatic heterocycles. The van der Waals surface area contributed by atoms with E-state index in [4.69, 9.17) is 11.6 Å². The van der Waals surface area contributed by atoms with Crippen LogP contribution in [0.3, 0.4) is 0 Å². The summed E-state index contributed by atoms with van der Waals surface area (Å²) in [5, 5.41) is 4.23. The quantitative estimate of drug-likeness (QED) is 0.867. The Morgan fingerprint density at radius 1 is 1.05 bits per heavy atom. The SMILES string of the molecule is CNC(Cc1ccc(C)cc1)c1cccc(C)c1Cl. The molecule has 1 unspecified atom stereocenters. The minimum absolute atomic E-state index is 0.245. The van der Waals surface area contributed by atoms with Crippen LogP contribution >= 0.6 is 11.6 Å². The highest BCUT2D eigenvalue weighted by Gasteiger charge is 2.14. The van der Waals surface area contributed by atoms with Crippen LogP contribution in [0.2, 0.25) is 5.02 Å². The molecule has 0 fully saturated rings. The molecular weight excluding hydrogens is 254 g/mol. The van der Waals surface area contributed by atoms with Gasteiger partial charge in [-0.3, -0.25) is 0 Å². The molecule has 0 aliphatic heterocycles. The van der Waals surface area contributed by atoms with Crippen molar-refractivity contribution in [2.24, 2.45) is 0 Å². The zero-order chi connectivity index (χ0) is 13.8. The van der Waals surface area contributed by atoms with E-state index in [1.165, 1.54) is 16.7 Å². The lowest BCUT2D eigenvalue weighted by Crippen LogP contribution is -2.19. The van der Waals surface area contributed by atoms with Gasteiger partial charge in [-0.15, -0.1) is 0 Å². The van der Waals surface area contributed by atoms with Crippen LogP contribution < -0.4 is 5.32 Å². The van der Waals surface area contributed by atoms with Crippen molar-refractivity contribution in [2.45, 2.75) is 26.3 Å². The first-order valence-electron chi connectivity index (χ1n) is 6.59. The van der Waals surface area contributed by atoms with Crippen LogP contribution in [0.25, 0.3) is 0 Å². The summed E-state index contributed by atoms with van der Waals surface area (Å²) in [5.41, 5.74) is 4.91. The maximum Gasteiger partial charge on any atom is 0.0483 e. The zero-order valence-corrected chi connectivity index (χ0v) is 12.5. The molecule has 0 radical (unpaired) electrons. The average molecular weight is 274 g/mol. The Bertz CT molecular complexity index is 546. The number of nitrogens with one attached hydrogen (secondary N) is 1. The highest BCUT2D eigenvalue weighted by molar-refractivity contribution is 6.32. The van der Waals surface area contributed by atoms with Gasteiger partial charge < -0.3 is 5.32 Å². The maximum atomic E-state index is 6.42. The lowest BCUT2D eigenvalue weighted by atomic mass is 9.97. The second kappa shape index (κ2) is 6.23. The van der Waals surface area contributed by atoms with Gasteiger partial charge in [0.15, 0.2) is 0 Å². The summed E-state index contributed by atoms with van der Waals surface area (Å²) in [5.74, 6) is 0. The Labute approximate surface area is 120 Å². The summed E-state index contributed by atoms with van der Waals surface area (Å²) in [6, 6.07) is 15.1. The van der Waals surface area contributed by atoms with Crippen molar-refractivity contribution in [3.05, 3.63) is 69.7 Å². The van der Waals surface area contributed by atoms with Gasteiger partial charge in [0.1, 0.15) is 0 Å². The van der Waals surface area contributed by atoms with Crippen LogP contribution in [0.5, 0.6) is 0 Å². The summed E-state index contributed by atoms with van der Waals surface area (Å²) in [6.07, 6.45) is 0.944.